The zero-order valence-corrected chi connectivity index (χ0v) is 17.1. The van der Waals surface area contributed by atoms with Gasteiger partial charge in [0, 0.05) is 34.1 Å². The van der Waals surface area contributed by atoms with Crippen LogP contribution < -0.4 is 10.5 Å². The van der Waals surface area contributed by atoms with Crippen molar-refractivity contribution in [1.82, 2.24) is 9.55 Å². The lowest BCUT2D eigenvalue weighted by atomic mass is 9.97. The maximum absolute atomic E-state index is 8.21. The van der Waals surface area contributed by atoms with Gasteiger partial charge in [-0.2, -0.15) is 4.98 Å². The zero-order valence-electron chi connectivity index (χ0n) is 16.3. The molecule has 0 amide bonds. The average Bonchev–Trinajstić information content (AvgIpc) is 2.65. The summed E-state index contributed by atoms with van der Waals surface area (Å²) in [6.45, 7) is 6.24. The molecule has 142 valence electrons. The molecular formula is C22H22ClN5. The largest absolute Gasteiger partial charge is 0.329 e. The van der Waals surface area contributed by atoms with E-state index in [1.165, 1.54) is 4.57 Å². The third kappa shape index (κ3) is 4.08. The molecule has 0 unspecified atom stereocenters. The standard InChI is InChI=1S/C22H22ClN5/c1-22(2,3)11-10-15-6-5-7-17(12-15)27(4)20-18-9-8-16(23)13-19(18)28(14-24)21(25)26-20/h5-9,12-14,24-25H,1-4H3. The highest BCUT2D eigenvalue weighted by molar-refractivity contribution is 6.31. The molecule has 0 fully saturated rings. The van der Waals surface area contributed by atoms with Gasteiger partial charge in [0.05, 0.1) is 11.9 Å². The molecule has 3 aromatic rings. The number of fused-ring (bicyclic) bond motifs is 1. The summed E-state index contributed by atoms with van der Waals surface area (Å²) in [6, 6.07) is 13.3. The predicted octanol–water partition coefficient (Wildman–Crippen LogP) is 4.79. The van der Waals surface area contributed by atoms with Crippen LogP contribution in [-0.4, -0.2) is 22.9 Å². The Morgan fingerprint density at radius 2 is 1.93 bits per heavy atom. The van der Waals surface area contributed by atoms with Crippen LogP contribution in [0.5, 0.6) is 0 Å². The Hall–Kier alpha value is -3.10. The second kappa shape index (κ2) is 7.49. The minimum absolute atomic E-state index is 0.0321. The highest BCUT2D eigenvalue weighted by atomic mass is 35.5. The number of hydrogen-bond acceptors (Lipinski definition) is 4. The van der Waals surface area contributed by atoms with E-state index in [9.17, 15) is 0 Å². The van der Waals surface area contributed by atoms with Crippen molar-refractivity contribution in [2.24, 2.45) is 5.41 Å². The van der Waals surface area contributed by atoms with Crippen molar-refractivity contribution in [3.8, 4) is 11.8 Å². The number of anilines is 2. The van der Waals surface area contributed by atoms with Gasteiger partial charge in [0.1, 0.15) is 5.82 Å². The quantitative estimate of drug-likeness (QED) is 0.383. The van der Waals surface area contributed by atoms with E-state index in [2.05, 4.69) is 37.6 Å². The van der Waals surface area contributed by atoms with E-state index in [0.717, 1.165) is 23.0 Å². The minimum Gasteiger partial charge on any atom is -0.329 e. The Kier molecular flexibility index (Phi) is 5.26. The van der Waals surface area contributed by atoms with Gasteiger partial charge in [-0.3, -0.25) is 15.4 Å². The number of nitrogens with one attached hydrogen (secondary N) is 2. The molecule has 1 heterocycles. The van der Waals surface area contributed by atoms with Gasteiger partial charge in [0.2, 0.25) is 5.62 Å². The monoisotopic (exact) mass is 391 g/mol. The number of nitrogens with zero attached hydrogens (tertiary/aromatic N) is 3. The third-order valence-corrected chi connectivity index (χ3v) is 4.40. The maximum Gasteiger partial charge on any atom is 0.229 e. The van der Waals surface area contributed by atoms with Crippen molar-refractivity contribution in [1.29, 1.82) is 10.8 Å². The molecule has 0 aliphatic heterocycles. The molecule has 5 nitrogen and oxygen atoms in total. The summed E-state index contributed by atoms with van der Waals surface area (Å²) in [7, 11) is 1.90. The smallest absolute Gasteiger partial charge is 0.229 e. The van der Waals surface area contributed by atoms with E-state index >= 15 is 0 Å². The van der Waals surface area contributed by atoms with E-state index in [1.807, 2.05) is 42.3 Å². The minimum atomic E-state index is -0.0706. The van der Waals surface area contributed by atoms with Crippen LogP contribution in [0.25, 0.3) is 10.9 Å². The highest BCUT2D eigenvalue weighted by Gasteiger charge is 2.14. The summed E-state index contributed by atoms with van der Waals surface area (Å²) in [5, 5.41) is 17.2. The SMILES string of the molecule is CN(c1cccc(C#CC(C)(C)C)c1)c1nc(=N)n(C=N)c2cc(Cl)ccc12. The molecule has 0 bridgehead atoms. The Morgan fingerprint density at radius 3 is 2.61 bits per heavy atom. The van der Waals surface area contributed by atoms with Crippen molar-refractivity contribution in [3.05, 3.63) is 58.7 Å². The van der Waals surface area contributed by atoms with Crippen molar-refractivity contribution in [3.63, 3.8) is 0 Å². The maximum atomic E-state index is 8.21. The molecule has 28 heavy (non-hydrogen) atoms. The van der Waals surface area contributed by atoms with Gasteiger partial charge in [0.25, 0.3) is 0 Å². The van der Waals surface area contributed by atoms with Gasteiger partial charge < -0.3 is 4.90 Å². The lowest BCUT2D eigenvalue weighted by molar-refractivity contribution is 0.571. The first kappa shape index (κ1) is 19.7. The Balaban J connectivity index is 2.14. The second-order valence-electron chi connectivity index (χ2n) is 7.53. The van der Waals surface area contributed by atoms with Crippen LogP contribution in [-0.2, 0) is 0 Å². The fourth-order valence-corrected chi connectivity index (χ4v) is 2.95. The molecule has 1 aromatic heterocycles. The zero-order chi connectivity index (χ0) is 20.5. The number of benzene rings is 2. The normalized spacial score (nSPS) is 11.0. The van der Waals surface area contributed by atoms with E-state index in [-0.39, 0.29) is 11.0 Å². The first-order valence-electron chi connectivity index (χ1n) is 8.83. The van der Waals surface area contributed by atoms with Crippen LogP contribution in [0, 0.1) is 28.1 Å². The Labute approximate surface area is 169 Å². The van der Waals surface area contributed by atoms with Gasteiger partial charge in [0.15, 0.2) is 0 Å². The van der Waals surface area contributed by atoms with Crippen LogP contribution in [0.4, 0.5) is 11.5 Å². The fourth-order valence-electron chi connectivity index (χ4n) is 2.78. The van der Waals surface area contributed by atoms with Crippen LogP contribution in [0.2, 0.25) is 5.02 Å². The van der Waals surface area contributed by atoms with Crippen LogP contribution >= 0.6 is 11.6 Å². The summed E-state index contributed by atoms with van der Waals surface area (Å²) in [6.07, 6.45) is 1.07. The van der Waals surface area contributed by atoms with Crippen LogP contribution in [0.1, 0.15) is 26.3 Å². The molecule has 6 heteroatoms. The van der Waals surface area contributed by atoms with E-state index < -0.39 is 0 Å². The summed E-state index contributed by atoms with van der Waals surface area (Å²) in [5.74, 6) is 7.09. The molecule has 0 saturated heterocycles. The van der Waals surface area contributed by atoms with Crippen LogP contribution in [0.15, 0.2) is 42.5 Å². The summed E-state index contributed by atoms with van der Waals surface area (Å²) >= 11 is 6.14. The average molecular weight is 392 g/mol. The molecule has 3 rings (SSSR count). The van der Waals surface area contributed by atoms with Gasteiger partial charge in [-0.15, -0.1) is 0 Å². The van der Waals surface area contributed by atoms with Crippen molar-refractivity contribution < 1.29 is 0 Å². The number of rotatable bonds is 3. The number of halogens is 1. The Morgan fingerprint density at radius 1 is 1.18 bits per heavy atom. The summed E-state index contributed by atoms with van der Waals surface area (Å²) in [4.78, 5) is 6.34. The van der Waals surface area contributed by atoms with Crippen molar-refractivity contribution >= 4 is 40.3 Å². The molecule has 0 aliphatic rings. The molecule has 0 spiro atoms. The van der Waals surface area contributed by atoms with Gasteiger partial charge in [-0.05, 0) is 57.2 Å². The third-order valence-electron chi connectivity index (χ3n) is 4.16. The first-order chi connectivity index (χ1) is 13.2. The van der Waals surface area contributed by atoms with E-state index in [1.54, 1.807) is 12.1 Å². The van der Waals surface area contributed by atoms with Crippen molar-refractivity contribution in [2.75, 3.05) is 11.9 Å². The molecule has 0 radical (unpaired) electrons. The summed E-state index contributed by atoms with van der Waals surface area (Å²) < 4.78 is 1.39. The van der Waals surface area contributed by atoms with Gasteiger partial charge >= 0.3 is 0 Å². The molecule has 0 atom stereocenters. The Bertz CT molecular complexity index is 1180. The molecule has 2 N–H and O–H groups in total. The number of hydrogen-bond donors (Lipinski definition) is 2. The molecule has 0 aliphatic carbocycles. The summed E-state index contributed by atoms with van der Waals surface area (Å²) in [5.41, 5.74) is 2.39. The molecule has 2 aromatic carbocycles. The van der Waals surface area contributed by atoms with Gasteiger partial charge in [-0.25, -0.2) is 0 Å². The lowest BCUT2D eigenvalue weighted by Crippen LogP contribution is -2.26. The van der Waals surface area contributed by atoms with Crippen LogP contribution in [0.3, 0.4) is 0 Å². The fraction of sp³-hybridized carbons (Fsp3) is 0.227. The van der Waals surface area contributed by atoms with Crippen molar-refractivity contribution in [2.45, 2.75) is 20.8 Å². The molecular weight excluding hydrogens is 370 g/mol. The number of aromatic nitrogens is 2. The van der Waals surface area contributed by atoms with Gasteiger partial charge in [-0.1, -0.05) is 29.5 Å². The molecule has 0 saturated carbocycles. The topological polar surface area (TPSA) is 68.8 Å². The van der Waals surface area contributed by atoms with E-state index in [0.29, 0.717) is 16.4 Å². The van der Waals surface area contributed by atoms with E-state index in [4.69, 9.17) is 22.4 Å². The highest BCUT2D eigenvalue weighted by Crippen LogP contribution is 2.29. The second-order valence-corrected chi connectivity index (χ2v) is 7.97. The predicted molar refractivity (Wildman–Crippen MR) is 116 cm³/mol. The first-order valence-corrected chi connectivity index (χ1v) is 9.21. The lowest BCUT2D eigenvalue weighted by Gasteiger charge is -2.21.